The molecule has 0 spiro atoms. The Labute approximate surface area is 88.7 Å². The van der Waals surface area contributed by atoms with Crippen LogP contribution in [0.5, 0.6) is 0 Å². The SMILES string of the molecule is COC(CN1CC(OC)(OC)C1)C(=O)O. The monoisotopic (exact) mass is 219 g/mol. The largest absolute Gasteiger partial charge is 0.479 e. The van der Waals surface area contributed by atoms with Gasteiger partial charge in [-0.05, 0) is 0 Å². The minimum atomic E-state index is -0.954. The Hall–Kier alpha value is -0.690. The Morgan fingerprint density at radius 3 is 2.27 bits per heavy atom. The van der Waals surface area contributed by atoms with Crippen molar-refractivity contribution in [3.05, 3.63) is 0 Å². The quantitative estimate of drug-likeness (QED) is 0.601. The zero-order valence-corrected chi connectivity index (χ0v) is 9.23. The van der Waals surface area contributed by atoms with Gasteiger partial charge in [0.1, 0.15) is 0 Å². The number of carbonyl (C=O) groups is 1. The van der Waals surface area contributed by atoms with E-state index in [1.165, 1.54) is 7.11 Å². The van der Waals surface area contributed by atoms with Crippen molar-refractivity contribution in [2.75, 3.05) is 41.0 Å². The van der Waals surface area contributed by atoms with E-state index in [-0.39, 0.29) is 0 Å². The Bertz CT molecular complexity index is 221. The molecule has 6 heteroatoms. The molecular formula is C9H17NO5. The molecule has 0 aromatic rings. The number of aliphatic carboxylic acids is 1. The van der Waals surface area contributed by atoms with E-state index < -0.39 is 17.9 Å². The van der Waals surface area contributed by atoms with Gasteiger partial charge < -0.3 is 19.3 Å². The van der Waals surface area contributed by atoms with E-state index >= 15 is 0 Å². The highest BCUT2D eigenvalue weighted by Crippen LogP contribution is 2.25. The Kier molecular flexibility index (Phi) is 4.04. The second-order valence-corrected chi connectivity index (χ2v) is 3.55. The summed E-state index contributed by atoms with van der Waals surface area (Å²) >= 11 is 0. The Morgan fingerprint density at radius 2 is 1.93 bits per heavy atom. The van der Waals surface area contributed by atoms with E-state index in [1.807, 2.05) is 4.90 Å². The van der Waals surface area contributed by atoms with Crippen LogP contribution in [-0.4, -0.2) is 68.8 Å². The highest BCUT2D eigenvalue weighted by molar-refractivity contribution is 5.72. The minimum Gasteiger partial charge on any atom is -0.479 e. The van der Waals surface area contributed by atoms with Crippen LogP contribution in [0.2, 0.25) is 0 Å². The number of hydrogen-bond donors (Lipinski definition) is 1. The van der Waals surface area contributed by atoms with Gasteiger partial charge in [-0.1, -0.05) is 0 Å². The van der Waals surface area contributed by atoms with Crippen molar-refractivity contribution in [1.29, 1.82) is 0 Å². The summed E-state index contributed by atoms with van der Waals surface area (Å²) in [4.78, 5) is 12.6. The van der Waals surface area contributed by atoms with Crippen LogP contribution < -0.4 is 0 Å². The molecule has 1 fully saturated rings. The molecule has 1 aliphatic heterocycles. The lowest BCUT2D eigenvalue weighted by atomic mass is 10.1. The number of methoxy groups -OCH3 is 3. The van der Waals surface area contributed by atoms with Crippen LogP contribution in [-0.2, 0) is 19.0 Å². The predicted octanol–water partition coefficient (Wildman–Crippen LogP) is -0.609. The number of likely N-dealkylation sites (tertiary alicyclic amines) is 1. The van der Waals surface area contributed by atoms with Gasteiger partial charge in [-0.25, -0.2) is 4.79 Å². The number of ether oxygens (including phenoxy) is 3. The third kappa shape index (κ3) is 2.66. The zero-order valence-electron chi connectivity index (χ0n) is 9.23. The van der Waals surface area contributed by atoms with E-state index in [4.69, 9.17) is 19.3 Å². The molecule has 1 atom stereocenters. The van der Waals surface area contributed by atoms with Crippen LogP contribution >= 0.6 is 0 Å². The first-order valence-electron chi connectivity index (χ1n) is 4.65. The van der Waals surface area contributed by atoms with Crippen molar-refractivity contribution in [3.8, 4) is 0 Å². The maximum Gasteiger partial charge on any atom is 0.334 e. The molecule has 0 aromatic heterocycles. The standard InChI is InChI=1S/C9H17NO5/c1-13-7(8(11)12)4-10-5-9(6-10,14-2)15-3/h7H,4-6H2,1-3H3,(H,11,12). The van der Waals surface area contributed by atoms with E-state index in [0.717, 1.165) is 0 Å². The summed E-state index contributed by atoms with van der Waals surface area (Å²) in [6, 6.07) is 0. The van der Waals surface area contributed by atoms with Crippen LogP contribution in [0.1, 0.15) is 0 Å². The lowest BCUT2D eigenvalue weighted by Gasteiger charge is -2.48. The molecule has 1 N–H and O–H groups in total. The second-order valence-electron chi connectivity index (χ2n) is 3.55. The summed E-state index contributed by atoms with van der Waals surface area (Å²) in [5.74, 6) is -1.53. The highest BCUT2D eigenvalue weighted by Gasteiger charge is 2.44. The Balaban J connectivity index is 2.36. The van der Waals surface area contributed by atoms with Crippen molar-refractivity contribution in [2.24, 2.45) is 0 Å². The molecule has 0 aromatic carbocycles. The molecule has 1 heterocycles. The van der Waals surface area contributed by atoms with Gasteiger partial charge in [0, 0.05) is 27.9 Å². The van der Waals surface area contributed by atoms with E-state index in [1.54, 1.807) is 14.2 Å². The molecule has 0 bridgehead atoms. The Morgan fingerprint density at radius 1 is 1.40 bits per heavy atom. The molecule has 0 aliphatic carbocycles. The van der Waals surface area contributed by atoms with Crippen molar-refractivity contribution in [3.63, 3.8) is 0 Å². The molecular weight excluding hydrogens is 202 g/mol. The molecule has 1 saturated heterocycles. The fraction of sp³-hybridized carbons (Fsp3) is 0.889. The van der Waals surface area contributed by atoms with Crippen molar-refractivity contribution in [2.45, 2.75) is 11.9 Å². The van der Waals surface area contributed by atoms with Gasteiger partial charge in [-0.3, -0.25) is 4.90 Å². The number of rotatable bonds is 6. The zero-order chi connectivity index (χ0) is 11.5. The van der Waals surface area contributed by atoms with Gasteiger partial charge in [-0.15, -0.1) is 0 Å². The summed E-state index contributed by atoms with van der Waals surface area (Å²) in [6.07, 6.45) is -0.795. The normalized spacial score (nSPS) is 22.1. The molecule has 1 rings (SSSR count). The predicted molar refractivity (Wildman–Crippen MR) is 51.6 cm³/mol. The second kappa shape index (κ2) is 4.89. The van der Waals surface area contributed by atoms with E-state index in [0.29, 0.717) is 19.6 Å². The number of hydrogen-bond acceptors (Lipinski definition) is 5. The fourth-order valence-electron chi connectivity index (χ4n) is 1.59. The van der Waals surface area contributed by atoms with Gasteiger partial charge in [0.15, 0.2) is 11.9 Å². The molecule has 6 nitrogen and oxygen atoms in total. The maximum absolute atomic E-state index is 10.7. The molecule has 1 unspecified atom stereocenters. The minimum absolute atomic E-state index is 0.348. The first-order valence-corrected chi connectivity index (χ1v) is 4.65. The average molecular weight is 219 g/mol. The highest BCUT2D eigenvalue weighted by atomic mass is 16.7. The van der Waals surface area contributed by atoms with Crippen LogP contribution in [0.4, 0.5) is 0 Å². The third-order valence-corrected chi connectivity index (χ3v) is 2.66. The van der Waals surface area contributed by atoms with Crippen LogP contribution in [0.25, 0.3) is 0 Å². The van der Waals surface area contributed by atoms with E-state index in [2.05, 4.69) is 0 Å². The first-order chi connectivity index (χ1) is 7.06. The van der Waals surface area contributed by atoms with Crippen LogP contribution in [0.15, 0.2) is 0 Å². The summed E-state index contributed by atoms with van der Waals surface area (Å²) < 4.78 is 15.2. The summed E-state index contributed by atoms with van der Waals surface area (Å²) in [6.45, 7) is 1.47. The van der Waals surface area contributed by atoms with Gasteiger partial charge >= 0.3 is 5.97 Å². The lowest BCUT2D eigenvalue weighted by Crippen LogP contribution is -2.65. The average Bonchev–Trinajstić information content (AvgIpc) is 2.16. The third-order valence-electron chi connectivity index (χ3n) is 2.66. The van der Waals surface area contributed by atoms with Crippen molar-refractivity contribution < 1.29 is 24.1 Å². The van der Waals surface area contributed by atoms with Gasteiger partial charge in [0.2, 0.25) is 0 Å². The number of nitrogens with zero attached hydrogens (tertiary/aromatic N) is 1. The molecule has 15 heavy (non-hydrogen) atoms. The van der Waals surface area contributed by atoms with Gasteiger partial charge in [0.25, 0.3) is 0 Å². The van der Waals surface area contributed by atoms with Crippen LogP contribution in [0, 0.1) is 0 Å². The summed E-state index contributed by atoms with van der Waals surface area (Å²) in [5, 5.41) is 8.77. The smallest absolute Gasteiger partial charge is 0.334 e. The molecule has 0 radical (unpaired) electrons. The summed E-state index contributed by atoms with van der Waals surface area (Å²) in [5.41, 5.74) is 0. The van der Waals surface area contributed by atoms with Gasteiger partial charge in [0.05, 0.1) is 13.1 Å². The summed E-state index contributed by atoms with van der Waals surface area (Å²) in [7, 11) is 4.54. The molecule has 88 valence electrons. The number of carboxylic acids is 1. The topological polar surface area (TPSA) is 68.2 Å². The maximum atomic E-state index is 10.7. The molecule has 0 amide bonds. The molecule has 1 aliphatic rings. The molecule has 0 saturated carbocycles. The van der Waals surface area contributed by atoms with Crippen molar-refractivity contribution >= 4 is 5.97 Å². The first kappa shape index (κ1) is 12.4. The van der Waals surface area contributed by atoms with Crippen LogP contribution in [0.3, 0.4) is 0 Å². The van der Waals surface area contributed by atoms with E-state index in [9.17, 15) is 4.79 Å². The fourth-order valence-corrected chi connectivity index (χ4v) is 1.59. The van der Waals surface area contributed by atoms with Gasteiger partial charge in [-0.2, -0.15) is 0 Å². The van der Waals surface area contributed by atoms with Crippen molar-refractivity contribution in [1.82, 2.24) is 4.90 Å². The lowest BCUT2D eigenvalue weighted by molar-refractivity contribution is -0.278. The number of carboxylic acid groups (broad SMARTS) is 1.